The fourth-order valence-corrected chi connectivity index (χ4v) is 0.913. The summed E-state index contributed by atoms with van der Waals surface area (Å²) in [5.41, 5.74) is -0.862. The molecule has 2 atom stereocenters. The molecule has 0 aromatic carbocycles. The minimum absolute atomic E-state index is 0.382. The van der Waals surface area contributed by atoms with Gasteiger partial charge in [-0.1, -0.05) is 41.5 Å². The molecular weight excluding hydrogens is 155 g/mol. The van der Waals surface area contributed by atoms with E-state index in [-0.39, 0.29) is 5.41 Å². The second-order valence-corrected chi connectivity index (χ2v) is 5.58. The molecule has 0 aromatic heterocycles. The summed E-state index contributed by atoms with van der Waals surface area (Å²) in [6.07, 6.45) is -2.06. The maximum atomic E-state index is 13.5. The van der Waals surface area contributed by atoms with Gasteiger partial charge in [0.05, 0.1) is 6.10 Å². The van der Waals surface area contributed by atoms with Crippen LogP contribution in [-0.2, 0) is 0 Å². The molecule has 2 heteroatoms. The Morgan fingerprint density at radius 1 is 0.917 bits per heavy atom. The number of aliphatic hydroxyl groups excluding tert-OH is 1. The Labute approximate surface area is 75.0 Å². The van der Waals surface area contributed by atoms with Gasteiger partial charge in [0.25, 0.3) is 0 Å². The first-order valence-corrected chi connectivity index (χ1v) is 4.39. The first kappa shape index (κ1) is 11.9. The predicted octanol–water partition coefficient (Wildman–Crippen LogP) is 2.78. The summed E-state index contributed by atoms with van der Waals surface area (Å²) >= 11 is 0. The molecular formula is C10H21FO. The standard InChI is InChI=1S/C10H21FO/c1-9(2,3)7(11)8(12)10(4,5)6/h7-8,12H,1-6H3. The van der Waals surface area contributed by atoms with Gasteiger partial charge in [0.2, 0.25) is 0 Å². The molecule has 0 amide bonds. The predicted molar refractivity (Wildman–Crippen MR) is 49.8 cm³/mol. The van der Waals surface area contributed by atoms with Crippen molar-refractivity contribution in [2.45, 2.75) is 53.8 Å². The van der Waals surface area contributed by atoms with E-state index in [2.05, 4.69) is 0 Å². The Kier molecular flexibility index (Phi) is 3.30. The molecule has 0 aliphatic heterocycles. The molecule has 0 bridgehead atoms. The summed E-state index contributed by atoms with van der Waals surface area (Å²) in [6.45, 7) is 10.9. The first-order chi connectivity index (χ1) is 5.07. The molecule has 0 radical (unpaired) electrons. The van der Waals surface area contributed by atoms with Gasteiger partial charge in [-0.05, 0) is 10.8 Å². The van der Waals surface area contributed by atoms with Crippen LogP contribution in [0.4, 0.5) is 4.39 Å². The van der Waals surface area contributed by atoms with Crippen LogP contribution in [0.25, 0.3) is 0 Å². The number of hydrogen-bond donors (Lipinski definition) is 1. The average Bonchev–Trinajstić information content (AvgIpc) is 1.80. The third kappa shape index (κ3) is 3.10. The van der Waals surface area contributed by atoms with Gasteiger partial charge in [-0.3, -0.25) is 0 Å². The van der Waals surface area contributed by atoms with Crippen molar-refractivity contribution in [2.24, 2.45) is 10.8 Å². The second kappa shape index (κ2) is 3.33. The molecule has 0 aromatic rings. The van der Waals surface area contributed by atoms with Gasteiger partial charge in [-0.2, -0.15) is 0 Å². The Balaban J connectivity index is 4.41. The Bertz CT molecular complexity index is 123. The SMILES string of the molecule is CC(C)(C)C(O)C(F)C(C)(C)C. The first-order valence-electron chi connectivity index (χ1n) is 4.39. The van der Waals surface area contributed by atoms with Crippen LogP contribution in [0.15, 0.2) is 0 Å². The zero-order valence-electron chi connectivity index (χ0n) is 8.98. The van der Waals surface area contributed by atoms with Gasteiger partial charge in [-0.15, -0.1) is 0 Å². The highest BCUT2D eigenvalue weighted by molar-refractivity contribution is 4.86. The number of hydrogen-bond acceptors (Lipinski definition) is 1. The number of alkyl halides is 1. The molecule has 12 heavy (non-hydrogen) atoms. The van der Waals surface area contributed by atoms with Crippen molar-refractivity contribution in [3.05, 3.63) is 0 Å². The molecule has 0 spiro atoms. The molecule has 2 unspecified atom stereocenters. The van der Waals surface area contributed by atoms with Crippen LogP contribution in [0.2, 0.25) is 0 Å². The summed E-state index contributed by atoms with van der Waals surface area (Å²) < 4.78 is 13.5. The highest BCUT2D eigenvalue weighted by Crippen LogP contribution is 2.33. The van der Waals surface area contributed by atoms with Crippen LogP contribution >= 0.6 is 0 Å². The van der Waals surface area contributed by atoms with E-state index in [0.717, 1.165) is 0 Å². The van der Waals surface area contributed by atoms with E-state index in [9.17, 15) is 9.50 Å². The van der Waals surface area contributed by atoms with Crippen molar-refractivity contribution < 1.29 is 9.50 Å². The summed E-state index contributed by atoms with van der Waals surface area (Å²) in [7, 11) is 0. The Hall–Kier alpha value is -0.110. The minimum Gasteiger partial charge on any atom is -0.390 e. The van der Waals surface area contributed by atoms with E-state index in [0.29, 0.717) is 0 Å². The van der Waals surface area contributed by atoms with E-state index in [1.807, 2.05) is 20.8 Å². The van der Waals surface area contributed by atoms with Crippen LogP contribution in [0.3, 0.4) is 0 Å². The third-order valence-corrected chi connectivity index (χ3v) is 1.99. The molecule has 0 fully saturated rings. The van der Waals surface area contributed by atoms with Crippen molar-refractivity contribution in [2.75, 3.05) is 0 Å². The molecule has 0 rings (SSSR count). The Morgan fingerprint density at radius 2 is 1.25 bits per heavy atom. The molecule has 0 heterocycles. The maximum absolute atomic E-state index is 13.5. The van der Waals surface area contributed by atoms with Gasteiger partial charge >= 0.3 is 0 Å². The van der Waals surface area contributed by atoms with E-state index < -0.39 is 17.7 Å². The van der Waals surface area contributed by atoms with Crippen LogP contribution in [-0.4, -0.2) is 17.4 Å². The lowest BCUT2D eigenvalue weighted by atomic mass is 9.77. The number of rotatable bonds is 1. The van der Waals surface area contributed by atoms with Crippen molar-refractivity contribution in [3.63, 3.8) is 0 Å². The van der Waals surface area contributed by atoms with Crippen LogP contribution in [0.1, 0.15) is 41.5 Å². The molecule has 1 nitrogen and oxygen atoms in total. The molecule has 74 valence electrons. The van der Waals surface area contributed by atoms with Crippen molar-refractivity contribution in [1.82, 2.24) is 0 Å². The lowest BCUT2D eigenvalue weighted by Gasteiger charge is -2.35. The summed E-state index contributed by atoms with van der Waals surface area (Å²) in [6, 6.07) is 0. The van der Waals surface area contributed by atoms with Gasteiger partial charge in [0, 0.05) is 0 Å². The zero-order valence-corrected chi connectivity index (χ0v) is 8.98. The minimum atomic E-state index is -1.17. The van der Waals surface area contributed by atoms with E-state index in [4.69, 9.17) is 0 Å². The van der Waals surface area contributed by atoms with Gasteiger partial charge in [0.15, 0.2) is 0 Å². The fraction of sp³-hybridized carbons (Fsp3) is 1.00. The lowest BCUT2D eigenvalue weighted by Crippen LogP contribution is -2.42. The Morgan fingerprint density at radius 3 is 1.33 bits per heavy atom. The van der Waals surface area contributed by atoms with Crippen molar-refractivity contribution >= 4 is 0 Å². The summed E-state index contributed by atoms with van der Waals surface area (Å²) in [4.78, 5) is 0. The number of aliphatic hydroxyl groups is 1. The molecule has 0 aliphatic carbocycles. The van der Waals surface area contributed by atoms with Crippen molar-refractivity contribution in [3.8, 4) is 0 Å². The number of halogens is 1. The topological polar surface area (TPSA) is 20.2 Å². The highest BCUT2D eigenvalue weighted by atomic mass is 19.1. The van der Waals surface area contributed by atoms with Crippen LogP contribution in [0.5, 0.6) is 0 Å². The largest absolute Gasteiger partial charge is 0.390 e. The normalized spacial score (nSPS) is 19.0. The zero-order chi connectivity index (χ0) is 10.2. The van der Waals surface area contributed by atoms with Crippen molar-refractivity contribution in [1.29, 1.82) is 0 Å². The monoisotopic (exact) mass is 176 g/mol. The van der Waals surface area contributed by atoms with Gasteiger partial charge in [-0.25, -0.2) is 4.39 Å². The van der Waals surface area contributed by atoms with E-state index >= 15 is 0 Å². The van der Waals surface area contributed by atoms with Crippen LogP contribution in [0, 0.1) is 10.8 Å². The molecule has 0 aliphatic rings. The average molecular weight is 176 g/mol. The molecule has 0 saturated heterocycles. The van der Waals surface area contributed by atoms with Crippen LogP contribution < -0.4 is 0 Å². The second-order valence-electron chi connectivity index (χ2n) is 5.58. The van der Waals surface area contributed by atoms with E-state index in [1.165, 1.54) is 0 Å². The third-order valence-electron chi connectivity index (χ3n) is 1.99. The molecule has 0 saturated carbocycles. The smallest absolute Gasteiger partial charge is 0.131 e. The molecule has 1 N–H and O–H groups in total. The van der Waals surface area contributed by atoms with E-state index in [1.54, 1.807) is 20.8 Å². The summed E-state index contributed by atoms with van der Waals surface area (Å²) in [5.74, 6) is 0. The maximum Gasteiger partial charge on any atom is 0.131 e. The van der Waals surface area contributed by atoms with Gasteiger partial charge in [0.1, 0.15) is 6.17 Å². The fourth-order valence-electron chi connectivity index (χ4n) is 0.913. The quantitative estimate of drug-likeness (QED) is 0.651. The highest BCUT2D eigenvalue weighted by Gasteiger charge is 2.37. The summed E-state index contributed by atoms with van der Waals surface area (Å²) in [5, 5.41) is 9.61. The van der Waals surface area contributed by atoms with Gasteiger partial charge < -0.3 is 5.11 Å². The lowest BCUT2D eigenvalue weighted by molar-refractivity contribution is -0.0481.